The number of rotatable bonds is 13. The molecule has 1 heterocycles. The quantitative estimate of drug-likeness (QED) is 0.356. The molecule has 4 atom stereocenters. The second-order valence-electron chi connectivity index (χ2n) is 6.26. The lowest BCUT2D eigenvalue weighted by Gasteiger charge is -2.20. The normalized spacial score (nSPS) is 26.2. The van der Waals surface area contributed by atoms with E-state index < -0.39 is 31.0 Å². The number of hydrogen-bond acceptors (Lipinski definition) is 5. The first kappa shape index (κ1) is 20.6. The van der Waals surface area contributed by atoms with Gasteiger partial charge in [0, 0.05) is 6.61 Å². The Labute approximate surface area is 140 Å². The minimum Gasteiger partial charge on any atom is -0.394 e. The van der Waals surface area contributed by atoms with E-state index in [2.05, 4.69) is 19.1 Å². The van der Waals surface area contributed by atoms with Gasteiger partial charge in [-0.15, -0.1) is 0 Å². The molecule has 0 aromatic carbocycles. The van der Waals surface area contributed by atoms with Crippen LogP contribution in [-0.4, -0.2) is 59.6 Å². The molecule has 0 unspecified atom stereocenters. The van der Waals surface area contributed by atoms with Gasteiger partial charge in [0.05, 0.1) is 13.2 Å². The van der Waals surface area contributed by atoms with Gasteiger partial charge in [0.25, 0.3) is 0 Å². The van der Waals surface area contributed by atoms with E-state index >= 15 is 0 Å². The Morgan fingerprint density at radius 2 is 1.83 bits per heavy atom. The molecule has 3 N–H and O–H groups in total. The second kappa shape index (κ2) is 12.9. The molecule has 5 nitrogen and oxygen atoms in total. The average Bonchev–Trinajstić information content (AvgIpc) is 2.93. The molecule has 1 fully saturated rings. The minimum atomic E-state index is -1.05. The first-order valence-electron chi connectivity index (χ1n) is 9.05. The van der Waals surface area contributed by atoms with Crippen LogP contribution in [0, 0.1) is 0 Å². The van der Waals surface area contributed by atoms with Crippen LogP contribution in [0.4, 0.5) is 0 Å². The zero-order valence-corrected chi connectivity index (χ0v) is 14.4. The summed E-state index contributed by atoms with van der Waals surface area (Å²) < 4.78 is 10.9. The zero-order chi connectivity index (χ0) is 16.9. The van der Waals surface area contributed by atoms with Gasteiger partial charge in [-0.3, -0.25) is 0 Å². The smallest absolute Gasteiger partial charge is 0.114 e. The molecule has 0 amide bonds. The molecular formula is C18H34O5. The summed E-state index contributed by atoms with van der Waals surface area (Å²) in [6.07, 6.45) is 10.9. The molecule has 0 aromatic rings. The maximum atomic E-state index is 9.98. The van der Waals surface area contributed by atoms with Crippen molar-refractivity contribution < 1.29 is 24.8 Å². The third kappa shape index (κ3) is 8.27. The molecular weight excluding hydrogens is 296 g/mol. The summed E-state index contributed by atoms with van der Waals surface area (Å²) in [6.45, 7) is 2.66. The van der Waals surface area contributed by atoms with E-state index in [0.29, 0.717) is 6.61 Å². The van der Waals surface area contributed by atoms with Crippen molar-refractivity contribution in [2.45, 2.75) is 82.7 Å². The highest BCUT2D eigenvalue weighted by atomic mass is 16.6. The topological polar surface area (TPSA) is 79.2 Å². The van der Waals surface area contributed by atoms with Crippen LogP contribution in [0.3, 0.4) is 0 Å². The lowest BCUT2D eigenvalue weighted by atomic mass is 10.1. The highest BCUT2D eigenvalue weighted by Gasteiger charge is 2.40. The van der Waals surface area contributed by atoms with Crippen molar-refractivity contribution in [2.24, 2.45) is 0 Å². The number of aliphatic hydroxyl groups excluding tert-OH is 3. The number of ether oxygens (including phenoxy) is 2. The van der Waals surface area contributed by atoms with Crippen molar-refractivity contribution >= 4 is 0 Å². The summed E-state index contributed by atoms with van der Waals surface area (Å²) in [5.74, 6) is 0. The molecule has 0 aromatic heterocycles. The Kier molecular flexibility index (Phi) is 11.5. The average molecular weight is 330 g/mol. The predicted octanol–water partition coefficient (Wildman–Crippen LogP) is 2.18. The molecule has 1 saturated heterocycles. The fraction of sp³-hybridized carbons (Fsp3) is 0.889. The van der Waals surface area contributed by atoms with E-state index in [-0.39, 0.29) is 6.61 Å². The minimum absolute atomic E-state index is 0.269. The van der Waals surface area contributed by atoms with Crippen LogP contribution >= 0.6 is 0 Å². The van der Waals surface area contributed by atoms with Crippen LogP contribution in [0.15, 0.2) is 12.2 Å². The Morgan fingerprint density at radius 1 is 1.13 bits per heavy atom. The summed E-state index contributed by atoms with van der Waals surface area (Å²) in [6, 6.07) is 0. The Bertz CT molecular complexity index is 308. The third-order valence-corrected chi connectivity index (χ3v) is 4.22. The SMILES string of the molecule is CCCC/C=C/CCCCCCO[C@@H]1CO[C@@H]([C@@H](O)CO)[C@H]1O. The van der Waals surface area contributed by atoms with E-state index in [0.717, 1.165) is 19.3 Å². The van der Waals surface area contributed by atoms with E-state index in [1.807, 2.05) is 0 Å². The van der Waals surface area contributed by atoms with Gasteiger partial charge in [0.15, 0.2) is 0 Å². The van der Waals surface area contributed by atoms with Gasteiger partial charge in [-0.25, -0.2) is 0 Å². The number of aliphatic hydroxyl groups is 3. The molecule has 1 aliphatic heterocycles. The molecule has 1 rings (SSSR count). The van der Waals surface area contributed by atoms with Crippen molar-refractivity contribution in [3.8, 4) is 0 Å². The van der Waals surface area contributed by atoms with E-state index in [1.54, 1.807) is 0 Å². The van der Waals surface area contributed by atoms with Gasteiger partial charge in [0.2, 0.25) is 0 Å². The van der Waals surface area contributed by atoms with Crippen LogP contribution in [0.25, 0.3) is 0 Å². The summed E-state index contributed by atoms with van der Waals surface area (Å²) in [4.78, 5) is 0. The van der Waals surface area contributed by atoms with Gasteiger partial charge in [-0.2, -0.15) is 0 Å². The highest BCUT2D eigenvalue weighted by molar-refractivity contribution is 4.88. The van der Waals surface area contributed by atoms with Gasteiger partial charge in [-0.05, 0) is 25.7 Å². The van der Waals surface area contributed by atoms with Crippen LogP contribution in [-0.2, 0) is 9.47 Å². The number of unbranched alkanes of at least 4 members (excludes halogenated alkanes) is 6. The van der Waals surface area contributed by atoms with Crippen LogP contribution in [0.1, 0.15) is 58.3 Å². The lowest BCUT2D eigenvalue weighted by Crippen LogP contribution is -2.41. The molecule has 0 radical (unpaired) electrons. The first-order chi connectivity index (χ1) is 11.2. The third-order valence-electron chi connectivity index (χ3n) is 4.22. The van der Waals surface area contributed by atoms with Gasteiger partial charge >= 0.3 is 0 Å². The van der Waals surface area contributed by atoms with Crippen LogP contribution in [0.5, 0.6) is 0 Å². The van der Waals surface area contributed by atoms with Gasteiger partial charge in [0.1, 0.15) is 24.4 Å². The van der Waals surface area contributed by atoms with Gasteiger partial charge in [-0.1, -0.05) is 44.8 Å². The second-order valence-corrected chi connectivity index (χ2v) is 6.26. The fourth-order valence-corrected chi connectivity index (χ4v) is 2.71. The van der Waals surface area contributed by atoms with Crippen molar-refractivity contribution in [1.82, 2.24) is 0 Å². The standard InChI is InChI=1S/C18H34O5/c1-2-3-4-5-6-7-8-9-10-11-12-22-16-14-23-18(17(16)21)15(20)13-19/h5-6,15-21H,2-4,7-14H2,1H3/b6-5+/t15-,16+,17-,18-/m0/s1. The Hall–Kier alpha value is -0.460. The predicted molar refractivity (Wildman–Crippen MR) is 90.3 cm³/mol. The van der Waals surface area contributed by atoms with E-state index in [1.165, 1.54) is 32.1 Å². The first-order valence-corrected chi connectivity index (χ1v) is 9.05. The molecule has 0 aliphatic carbocycles. The molecule has 23 heavy (non-hydrogen) atoms. The Balaban J connectivity index is 1.96. The Morgan fingerprint density at radius 3 is 2.52 bits per heavy atom. The van der Waals surface area contributed by atoms with Gasteiger partial charge < -0.3 is 24.8 Å². The largest absolute Gasteiger partial charge is 0.394 e. The van der Waals surface area contributed by atoms with Crippen molar-refractivity contribution in [3.05, 3.63) is 12.2 Å². The molecule has 1 aliphatic rings. The number of hydrogen-bond donors (Lipinski definition) is 3. The molecule has 136 valence electrons. The summed E-state index contributed by atoms with van der Waals surface area (Å²) in [7, 11) is 0. The van der Waals surface area contributed by atoms with Crippen molar-refractivity contribution in [3.63, 3.8) is 0 Å². The molecule has 0 bridgehead atoms. The molecule has 0 saturated carbocycles. The summed E-state index contributed by atoms with van der Waals surface area (Å²) in [5, 5.41) is 28.4. The lowest BCUT2D eigenvalue weighted by molar-refractivity contribution is -0.0730. The van der Waals surface area contributed by atoms with Crippen LogP contribution < -0.4 is 0 Å². The monoisotopic (exact) mass is 330 g/mol. The summed E-state index contributed by atoms with van der Waals surface area (Å²) >= 11 is 0. The van der Waals surface area contributed by atoms with Crippen molar-refractivity contribution in [1.29, 1.82) is 0 Å². The van der Waals surface area contributed by atoms with E-state index in [9.17, 15) is 10.2 Å². The maximum Gasteiger partial charge on any atom is 0.114 e. The fourth-order valence-electron chi connectivity index (χ4n) is 2.71. The zero-order valence-electron chi connectivity index (χ0n) is 14.4. The number of allylic oxidation sites excluding steroid dienone is 2. The van der Waals surface area contributed by atoms with Crippen LogP contribution in [0.2, 0.25) is 0 Å². The molecule has 0 spiro atoms. The van der Waals surface area contributed by atoms with E-state index in [4.69, 9.17) is 14.6 Å². The highest BCUT2D eigenvalue weighted by Crippen LogP contribution is 2.20. The maximum absolute atomic E-state index is 9.98. The summed E-state index contributed by atoms with van der Waals surface area (Å²) in [5.41, 5.74) is 0. The molecule has 5 heteroatoms. The van der Waals surface area contributed by atoms with Crippen molar-refractivity contribution in [2.75, 3.05) is 19.8 Å².